The molecule has 406 valence electrons. The molecule has 0 aliphatic heterocycles. The first-order valence-electron chi connectivity index (χ1n) is 27.3. The Hall–Kier alpha value is -10.9. The summed E-state index contributed by atoms with van der Waals surface area (Å²) in [5.74, 6) is 1.44. The van der Waals surface area contributed by atoms with E-state index in [2.05, 4.69) is 119 Å². The van der Waals surface area contributed by atoms with Crippen LogP contribution in [0.15, 0.2) is 234 Å². The summed E-state index contributed by atoms with van der Waals surface area (Å²) in [7, 11) is 1.67. The van der Waals surface area contributed by atoms with Crippen LogP contribution in [0.2, 0.25) is 0 Å². The van der Waals surface area contributed by atoms with Gasteiger partial charge >= 0.3 is 26.3 Å². The molecule has 18 aromatic rings. The van der Waals surface area contributed by atoms with Crippen LogP contribution in [0.4, 0.5) is 4.79 Å². The fourth-order valence-electron chi connectivity index (χ4n) is 11.9. The van der Waals surface area contributed by atoms with Gasteiger partial charge in [-0.2, -0.15) is 51.7 Å². The number of aromatic nitrogens is 6. The van der Waals surface area contributed by atoms with Crippen molar-refractivity contribution in [2.45, 2.75) is 6.92 Å². The molecule has 0 saturated carbocycles. The summed E-state index contributed by atoms with van der Waals surface area (Å²) in [6.07, 6.45) is 4.56. The van der Waals surface area contributed by atoms with E-state index < -0.39 is 6.16 Å². The van der Waals surface area contributed by atoms with Crippen LogP contribution in [0.1, 0.15) is 5.56 Å². The Bertz CT molecular complexity index is 5630. The van der Waals surface area contributed by atoms with Crippen LogP contribution in [0, 0.1) is 25.1 Å². The van der Waals surface area contributed by atoms with E-state index in [0.29, 0.717) is 17.1 Å². The number of para-hydroxylation sites is 1. The van der Waals surface area contributed by atoms with Crippen molar-refractivity contribution in [3.63, 3.8) is 0 Å². The average molecular weight is 1280 g/mol. The van der Waals surface area contributed by atoms with Crippen LogP contribution >= 0.6 is 0 Å². The van der Waals surface area contributed by atoms with Gasteiger partial charge in [-0.25, -0.2) is 4.79 Å². The molecule has 8 heterocycles. The monoisotopic (exact) mass is 1280 g/mol. The molecule has 0 aliphatic rings. The molecule has 8 aromatic heterocycles. The van der Waals surface area contributed by atoms with Gasteiger partial charge in [-0.3, -0.25) is 13.5 Å². The Labute approximate surface area is 496 Å². The smallest absolute Gasteiger partial charge is 0.554 e. The van der Waals surface area contributed by atoms with E-state index in [0.717, 1.165) is 110 Å². The van der Waals surface area contributed by atoms with Gasteiger partial charge in [0.2, 0.25) is 0 Å². The van der Waals surface area contributed by atoms with Gasteiger partial charge in [-0.15, -0.1) is 29.7 Å². The Balaban J connectivity index is 0.000000134. The normalized spacial score (nSPS) is 11.6. The van der Waals surface area contributed by atoms with Gasteiger partial charge in [0.15, 0.2) is 0 Å². The summed E-state index contributed by atoms with van der Waals surface area (Å²) in [6, 6.07) is 78.0. The van der Waals surface area contributed by atoms with E-state index in [1.807, 2.05) is 135 Å². The molecule has 0 aliphatic carbocycles. The van der Waals surface area contributed by atoms with E-state index in [1.165, 1.54) is 32.5 Å². The molecule has 13 heteroatoms. The fraction of sp³-hybridized carbons (Fsp3) is 0.0278. The van der Waals surface area contributed by atoms with Crippen molar-refractivity contribution in [2.75, 3.05) is 7.11 Å². The molecule has 0 amide bonds. The molecule has 12 nitrogen and oxygen atoms in total. The Morgan fingerprint density at radius 1 is 0.400 bits per heavy atom. The van der Waals surface area contributed by atoms with Crippen LogP contribution in [0.5, 0.6) is 17.2 Å². The molecular weight excluding hydrogens is 1240 g/mol. The van der Waals surface area contributed by atoms with Crippen LogP contribution in [0.3, 0.4) is 0 Å². The van der Waals surface area contributed by atoms with Crippen molar-refractivity contribution in [1.29, 1.82) is 0 Å². The van der Waals surface area contributed by atoms with E-state index in [4.69, 9.17) is 23.0 Å². The van der Waals surface area contributed by atoms with Crippen molar-refractivity contribution >= 4 is 132 Å². The second-order valence-corrected chi connectivity index (χ2v) is 20.6. The quantitative estimate of drug-likeness (QED) is 0.0733. The van der Waals surface area contributed by atoms with Crippen molar-refractivity contribution in [3.05, 3.63) is 249 Å². The summed E-state index contributed by atoms with van der Waals surface area (Å²) in [4.78, 5) is 12.9. The number of benzene rings is 10. The van der Waals surface area contributed by atoms with Crippen LogP contribution in [0.25, 0.3) is 137 Å². The predicted molar refractivity (Wildman–Crippen MR) is 331 cm³/mol. The minimum atomic E-state index is -0.859. The summed E-state index contributed by atoms with van der Waals surface area (Å²) in [5.41, 5.74) is 12.4. The number of rotatable bonds is 4. The summed E-state index contributed by atoms with van der Waals surface area (Å²) >= 11 is 0. The number of carbonyl (C=O) groups is 1. The molecule has 0 atom stereocenters. The van der Waals surface area contributed by atoms with Gasteiger partial charge in [0.25, 0.3) is 0 Å². The van der Waals surface area contributed by atoms with Crippen molar-refractivity contribution in [3.8, 4) is 28.4 Å². The SMILES string of the molecule is COc1c[c-]c2c(c1)c1ccccc1c1ccnn21.Cc1ccc2oc3ccc(-c4ccc5oc6cc(OC(=O)Oc7c[c-]c8c(c7)c7ccccc7c7ccnn87)ccc6c5c4)cc3c2c1.[Ir+3].[c-]1cccc2c3ccccc3c3ccnn3c12. The maximum Gasteiger partial charge on any atom is 3.00 e. The van der Waals surface area contributed by atoms with Gasteiger partial charge in [-0.1, -0.05) is 123 Å². The van der Waals surface area contributed by atoms with Crippen LogP contribution in [-0.2, 0) is 20.1 Å². The number of ether oxygens (including phenoxy) is 3. The number of furan rings is 2. The van der Waals surface area contributed by atoms with Gasteiger partial charge in [0, 0.05) is 57.7 Å². The Morgan fingerprint density at radius 2 is 0.859 bits per heavy atom. The fourth-order valence-corrected chi connectivity index (χ4v) is 11.9. The standard InChI is InChI=1S/C41H23N2O5.C16H11N2O.C15H9N2.Ir/c1-23-6-13-37-32(18-23)34-20-25(8-15-39(34)47-37)24-7-14-38-33(19-24)30-11-9-27(22-40(30)48-38)46-41(44)45-26-10-12-35-31(21-26)28-4-2-3-5-29(28)36-16-17-42-43(35)36;1-19-11-6-7-15-14(10-11)12-4-2-3-5-13(12)16-8-9-17-18(15)16;1-2-6-13-11(5-1)12-7-3-4-8-14(12)17-15(13)9-10-16-17;/h2-11,13-22H,1H3;2-6,8-10H,1H3;1-7,9-10H;/q3*-1;+3. The van der Waals surface area contributed by atoms with Gasteiger partial charge < -0.3 is 23.0 Å². The third-order valence-electron chi connectivity index (χ3n) is 15.7. The molecule has 18 rings (SSSR count). The number of carbonyl (C=O) groups excluding carboxylic acids is 1. The first kappa shape index (κ1) is 51.1. The van der Waals surface area contributed by atoms with Crippen LogP contribution < -0.4 is 14.2 Å². The minimum absolute atomic E-state index is 0. The zero-order chi connectivity index (χ0) is 56.0. The number of nitrogens with zero attached hydrogens (tertiary/aromatic N) is 6. The number of pyridine rings is 3. The summed E-state index contributed by atoms with van der Waals surface area (Å²) in [5, 5.41) is 27.4. The van der Waals surface area contributed by atoms with E-state index in [-0.39, 0.29) is 20.1 Å². The Morgan fingerprint density at radius 3 is 1.44 bits per heavy atom. The topological polar surface area (TPSA) is 123 Å². The van der Waals surface area contributed by atoms with E-state index in [9.17, 15) is 4.79 Å². The third kappa shape index (κ3) is 8.63. The molecule has 0 N–H and O–H groups in total. The average Bonchev–Trinajstić information content (AvgIpc) is 2.40. The largest absolute Gasteiger partial charge is 3.00 e. The maximum atomic E-state index is 12.9. The number of aryl methyl sites for hydroxylation is 1. The first-order valence-corrected chi connectivity index (χ1v) is 27.3. The minimum Gasteiger partial charge on any atom is -0.554 e. The predicted octanol–water partition coefficient (Wildman–Crippen LogP) is 17.7. The summed E-state index contributed by atoms with van der Waals surface area (Å²) < 4.78 is 34.5. The molecule has 0 bridgehead atoms. The van der Waals surface area contributed by atoms with Gasteiger partial charge in [0.05, 0.1) is 23.7 Å². The Kier molecular flexibility index (Phi) is 12.3. The molecule has 0 unspecified atom stereocenters. The second kappa shape index (κ2) is 20.5. The van der Waals surface area contributed by atoms with Gasteiger partial charge in [-0.05, 0) is 117 Å². The summed E-state index contributed by atoms with van der Waals surface area (Å²) in [6.45, 7) is 2.09. The zero-order valence-corrected chi connectivity index (χ0v) is 47.7. The van der Waals surface area contributed by atoms with Crippen LogP contribution in [-0.4, -0.2) is 42.1 Å². The molecule has 0 radical (unpaired) electrons. The van der Waals surface area contributed by atoms with Crippen molar-refractivity contribution in [2.24, 2.45) is 0 Å². The molecule has 10 aromatic carbocycles. The van der Waals surface area contributed by atoms with Gasteiger partial charge in [0.1, 0.15) is 28.1 Å². The number of fused-ring (bicyclic) bond motifs is 24. The molecule has 0 spiro atoms. The molecule has 0 saturated heterocycles. The van der Waals surface area contributed by atoms with Crippen molar-refractivity contribution in [1.82, 2.24) is 28.8 Å². The first-order chi connectivity index (χ1) is 41.4. The second-order valence-electron chi connectivity index (χ2n) is 20.6. The maximum absolute atomic E-state index is 12.9. The molecule has 85 heavy (non-hydrogen) atoms. The zero-order valence-electron chi connectivity index (χ0n) is 45.3. The number of hydrogen-bond donors (Lipinski definition) is 0. The van der Waals surface area contributed by atoms with E-state index >= 15 is 0 Å². The van der Waals surface area contributed by atoms with E-state index in [1.54, 1.807) is 31.5 Å². The van der Waals surface area contributed by atoms with Crippen molar-refractivity contribution < 1.29 is 47.9 Å². The molecule has 0 fully saturated rings. The number of methoxy groups -OCH3 is 1. The number of hydrogen-bond acceptors (Lipinski definition) is 9. The third-order valence-corrected chi connectivity index (χ3v) is 15.7. The molecular formula is C72H43IrN6O6.